The summed E-state index contributed by atoms with van der Waals surface area (Å²) in [5.74, 6) is 0.119. The van der Waals surface area contributed by atoms with E-state index in [1.165, 1.54) is 41.6 Å². The van der Waals surface area contributed by atoms with Gasteiger partial charge in [-0.05, 0) is 53.2 Å². The Morgan fingerprint density at radius 1 is 1.20 bits per heavy atom. The van der Waals surface area contributed by atoms with Crippen LogP contribution in [-0.2, 0) is 13.7 Å². The molecule has 4 rings (SSSR count). The highest BCUT2D eigenvalue weighted by Gasteiger charge is 2.16. The van der Waals surface area contributed by atoms with E-state index in [2.05, 4.69) is 11.6 Å². The monoisotopic (exact) mass is 471 g/mol. The van der Waals surface area contributed by atoms with Gasteiger partial charge in [0, 0.05) is 30.9 Å². The highest BCUT2D eigenvalue weighted by Crippen LogP contribution is 2.26. The number of aromatic nitrogens is 3. The van der Waals surface area contributed by atoms with E-state index in [-0.39, 0.29) is 17.9 Å². The molecule has 0 aliphatic heterocycles. The van der Waals surface area contributed by atoms with Crippen molar-refractivity contribution in [2.24, 2.45) is 12.8 Å². The number of rotatable bonds is 5. The standard InChI is InChI=1S/C26H22FN5O3/c1-16-10-23(34-3)24(35-15-17-6-8-30-9-7-17)12-19(16)25-22(14-29)31(2)26(33)32(25)21-5-4-18(13-28)11-20(21)27/h4-12,14H,1,15,29H2,2-3H3/b22-14+,25-19+. The Labute approximate surface area is 199 Å². The van der Waals surface area contributed by atoms with Crippen LogP contribution in [0.3, 0.4) is 0 Å². The molecule has 2 aromatic carbocycles. The van der Waals surface area contributed by atoms with Crippen molar-refractivity contribution in [3.8, 4) is 23.3 Å². The lowest BCUT2D eigenvalue weighted by atomic mass is 10.2. The van der Waals surface area contributed by atoms with Gasteiger partial charge in [-0.1, -0.05) is 6.58 Å². The van der Waals surface area contributed by atoms with Gasteiger partial charge in [-0.2, -0.15) is 5.26 Å². The van der Waals surface area contributed by atoms with Crippen LogP contribution >= 0.6 is 0 Å². The van der Waals surface area contributed by atoms with E-state index in [0.29, 0.717) is 32.6 Å². The number of halogens is 1. The van der Waals surface area contributed by atoms with Gasteiger partial charge < -0.3 is 15.2 Å². The number of hydrogen-bond acceptors (Lipinski definition) is 6. The molecular weight excluding hydrogens is 449 g/mol. The van der Waals surface area contributed by atoms with Gasteiger partial charge in [-0.15, -0.1) is 0 Å². The Morgan fingerprint density at radius 2 is 1.94 bits per heavy atom. The van der Waals surface area contributed by atoms with Gasteiger partial charge in [0.2, 0.25) is 0 Å². The summed E-state index contributed by atoms with van der Waals surface area (Å²) >= 11 is 0. The largest absolute Gasteiger partial charge is 0.493 e. The summed E-state index contributed by atoms with van der Waals surface area (Å²) in [5.41, 5.74) is 6.38. The smallest absolute Gasteiger partial charge is 0.333 e. The lowest BCUT2D eigenvalue weighted by molar-refractivity contribution is 0.284. The average Bonchev–Trinajstić information content (AvgIpc) is 3.12. The van der Waals surface area contributed by atoms with Crippen LogP contribution < -0.4 is 31.5 Å². The average molecular weight is 471 g/mol. The Bertz CT molecular complexity index is 1720. The normalized spacial score (nSPS) is 12.3. The van der Waals surface area contributed by atoms with Crippen LogP contribution in [0, 0.1) is 27.7 Å². The Kier molecular flexibility index (Phi) is 6.38. The predicted molar refractivity (Wildman–Crippen MR) is 128 cm³/mol. The first-order chi connectivity index (χ1) is 16.9. The molecule has 0 unspecified atom stereocenters. The van der Waals surface area contributed by atoms with Gasteiger partial charge in [0.1, 0.15) is 12.4 Å². The second-order valence-electron chi connectivity index (χ2n) is 7.66. The number of benzene rings is 2. The number of methoxy groups -OCH3 is 1. The maximum Gasteiger partial charge on any atom is 0.333 e. The molecule has 0 aliphatic rings. The minimum absolute atomic E-state index is 0.0258. The van der Waals surface area contributed by atoms with Crippen LogP contribution in [0.5, 0.6) is 11.5 Å². The zero-order chi connectivity index (χ0) is 25.1. The van der Waals surface area contributed by atoms with Gasteiger partial charge in [0.05, 0.1) is 35.1 Å². The molecule has 4 aromatic rings. The molecule has 8 nitrogen and oxygen atoms in total. The summed E-state index contributed by atoms with van der Waals surface area (Å²) in [6.45, 7) is 4.35. The van der Waals surface area contributed by atoms with E-state index < -0.39 is 11.5 Å². The highest BCUT2D eigenvalue weighted by atomic mass is 19.1. The molecular formula is C26H22FN5O3. The summed E-state index contributed by atoms with van der Waals surface area (Å²) in [6.07, 6.45) is 4.60. The van der Waals surface area contributed by atoms with Gasteiger partial charge in [-0.25, -0.2) is 9.18 Å². The summed E-state index contributed by atoms with van der Waals surface area (Å²) in [7, 11) is 3.05. The maximum atomic E-state index is 15.0. The molecule has 0 bridgehead atoms. The van der Waals surface area contributed by atoms with E-state index in [4.69, 9.17) is 20.5 Å². The molecule has 9 heteroatoms. The SMILES string of the molecule is C=c1cc(OC)c(OCc2ccncc2)c/c1=c1/c(=C\N)n(C)c(=O)n1-c1ccc(C#N)cc1F. The minimum Gasteiger partial charge on any atom is -0.493 e. The van der Waals surface area contributed by atoms with E-state index >= 15 is 4.39 Å². The lowest BCUT2D eigenvalue weighted by Gasteiger charge is -2.11. The van der Waals surface area contributed by atoms with Crippen LogP contribution in [0.2, 0.25) is 0 Å². The molecule has 0 radical (unpaired) electrons. The van der Waals surface area contributed by atoms with Crippen LogP contribution in [0.4, 0.5) is 4.39 Å². The lowest BCUT2D eigenvalue weighted by Crippen LogP contribution is -2.26. The molecule has 0 amide bonds. The first kappa shape index (κ1) is 23.3. The van der Waals surface area contributed by atoms with Crippen molar-refractivity contribution in [1.82, 2.24) is 14.1 Å². The highest BCUT2D eigenvalue weighted by molar-refractivity contribution is 5.45. The number of imidazole rings is 1. The zero-order valence-electron chi connectivity index (χ0n) is 19.2. The number of nitrogens with two attached hydrogens (primary N) is 1. The quantitative estimate of drug-likeness (QED) is 0.473. The zero-order valence-corrected chi connectivity index (χ0v) is 19.2. The Hall–Kier alpha value is -4.84. The predicted octanol–water partition coefficient (Wildman–Crippen LogP) is 1.56. The summed E-state index contributed by atoms with van der Waals surface area (Å²) < 4.78 is 29.0. The number of ether oxygens (including phenoxy) is 2. The van der Waals surface area contributed by atoms with Crippen LogP contribution in [-0.4, -0.2) is 21.2 Å². The fourth-order valence-electron chi connectivity index (χ4n) is 3.79. The Balaban J connectivity index is 2.08. The number of nitrogens with zero attached hydrogens (tertiary/aromatic N) is 4. The fourth-order valence-corrected chi connectivity index (χ4v) is 3.79. The van der Waals surface area contributed by atoms with Crippen LogP contribution in [0.25, 0.3) is 18.5 Å². The van der Waals surface area contributed by atoms with Crippen molar-refractivity contribution in [1.29, 1.82) is 5.26 Å². The third kappa shape index (κ3) is 4.25. The van der Waals surface area contributed by atoms with Crippen molar-refractivity contribution in [2.75, 3.05) is 7.11 Å². The molecule has 0 fully saturated rings. The molecule has 2 N–H and O–H groups in total. The maximum absolute atomic E-state index is 15.0. The first-order valence-electron chi connectivity index (χ1n) is 10.5. The first-order valence-corrected chi connectivity index (χ1v) is 10.5. The molecule has 176 valence electrons. The number of pyridine rings is 1. The second kappa shape index (κ2) is 9.57. The van der Waals surface area contributed by atoms with Crippen molar-refractivity contribution >= 4 is 12.8 Å². The molecule has 2 heterocycles. The molecule has 0 spiro atoms. The van der Waals surface area contributed by atoms with E-state index in [1.54, 1.807) is 24.5 Å². The Morgan fingerprint density at radius 3 is 2.57 bits per heavy atom. The van der Waals surface area contributed by atoms with Crippen LogP contribution in [0.15, 0.2) is 59.7 Å². The molecule has 0 atom stereocenters. The topological polar surface area (TPSA) is 108 Å². The summed E-state index contributed by atoms with van der Waals surface area (Å²) in [5, 5.41) is 10.8. The van der Waals surface area contributed by atoms with Gasteiger partial charge in [0.15, 0.2) is 11.5 Å². The fraction of sp³-hybridized carbons (Fsp3) is 0.115. The molecule has 2 aromatic heterocycles. The summed E-state index contributed by atoms with van der Waals surface area (Å²) in [4.78, 5) is 17.2. The van der Waals surface area contributed by atoms with E-state index in [0.717, 1.165) is 11.6 Å². The van der Waals surface area contributed by atoms with Gasteiger partial charge >= 0.3 is 5.69 Å². The van der Waals surface area contributed by atoms with Crippen molar-refractivity contribution in [3.63, 3.8) is 0 Å². The molecule has 0 saturated carbocycles. The third-order valence-corrected chi connectivity index (χ3v) is 5.57. The van der Waals surface area contributed by atoms with Gasteiger partial charge in [-0.3, -0.25) is 14.1 Å². The molecule has 0 aliphatic carbocycles. The van der Waals surface area contributed by atoms with Crippen molar-refractivity contribution in [3.05, 3.63) is 103 Å². The molecule has 0 saturated heterocycles. The third-order valence-electron chi connectivity index (χ3n) is 5.57. The second-order valence-corrected chi connectivity index (χ2v) is 7.66. The van der Waals surface area contributed by atoms with Crippen molar-refractivity contribution in [2.45, 2.75) is 6.61 Å². The van der Waals surface area contributed by atoms with Crippen molar-refractivity contribution < 1.29 is 13.9 Å². The van der Waals surface area contributed by atoms with Crippen LogP contribution in [0.1, 0.15) is 11.1 Å². The van der Waals surface area contributed by atoms with E-state index in [1.807, 2.05) is 18.2 Å². The van der Waals surface area contributed by atoms with Gasteiger partial charge in [0.25, 0.3) is 0 Å². The number of nitriles is 1. The van der Waals surface area contributed by atoms with E-state index in [9.17, 15) is 4.79 Å². The summed E-state index contributed by atoms with van der Waals surface area (Å²) in [6, 6.07) is 12.8. The minimum atomic E-state index is -0.727. The molecule has 35 heavy (non-hydrogen) atoms. The number of hydrogen-bond donors (Lipinski definition) is 1.